The third-order valence-electron chi connectivity index (χ3n) is 4.11. The van der Waals surface area contributed by atoms with Crippen molar-refractivity contribution in [3.63, 3.8) is 0 Å². The van der Waals surface area contributed by atoms with E-state index in [0.29, 0.717) is 6.07 Å². The van der Waals surface area contributed by atoms with E-state index in [1.54, 1.807) is 0 Å². The Morgan fingerprint density at radius 2 is 1.70 bits per heavy atom. The zero-order valence-electron chi connectivity index (χ0n) is 13.2. The molecule has 1 unspecified atom stereocenters. The van der Waals surface area contributed by atoms with E-state index in [1.807, 2.05) is 5.32 Å². The monoisotopic (exact) mass is 385 g/mol. The summed E-state index contributed by atoms with van der Waals surface area (Å²) in [5.74, 6) is -3.78. The van der Waals surface area contributed by atoms with E-state index < -0.39 is 47.3 Å². The topological polar surface area (TPSA) is 56.1 Å². The lowest BCUT2D eigenvalue weighted by atomic mass is 9.79. The number of benzene rings is 2. The average molecular weight is 385 g/mol. The smallest absolute Gasteiger partial charge is 0.307 e. The molecule has 4 nitrogen and oxygen atoms in total. The van der Waals surface area contributed by atoms with E-state index in [1.165, 1.54) is 6.07 Å². The van der Waals surface area contributed by atoms with Crippen molar-refractivity contribution in [1.82, 2.24) is 4.90 Å². The molecule has 0 bridgehead atoms. The second-order valence-corrected chi connectivity index (χ2v) is 5.74. The largest absolute Gasteiger partial charge is 0.406 e. The third-order valence-corrected chi connectivity index (χ3v) is 4.11. The SMILES string of the molecule is N#CC1(c2ccc(F)cc2)c2c(ccc(F)c2F)NC(=O)N1CC(F)(F)F. The van der Waals surface area contributed by atoms with Gasteiger partial charge >= 0.3 is 12.2 Å². The molecule has 1 aliphatic rings. The molecular weight excluding hydrogens is 376 g/mol. The lowest BCUT2D eigenvalue weighted by Gasteiger charge is -2.44. The molecule has 1 aliphatic heterocycles. The molecule has 1 atom stereocenters. The zero-order valence-corrected chi connectivity index (χ0v) is 13.2. The molecule has 0 aliphatic carbocycles. The molecule has 140 valence electrons. The van der Waals surface area contributed by atoms with Gasteiger partial charge in [0.15, 0.2) is 17.2 Å². The Balaban J connectivity index is 2.39. The van der Waals surface area contributed by atoms with Crippen molar-refractivity contribution in [3.05, 3.63) is 65.0 Å². The number of fused-ring (bicyclic) bond motifs is 1. The number of hydrogen-bond donors (Lipinski definition) is 1. The Kier molecular flexibility index (Phi) is 4.26. The predicted octanol–water partition coefficient (Wildman–Crippen LogP) is 4.28. The van der Waals surface area contributed by atoms with Gasteiger partial charge in [-0.2, -0.15) is 18.4 Å². The molecule has 3 rings (SSSR count). The van der Waals surface area contributed by atoms with Crippen molar-refractivity contribution in [1.29, 1.82) is 5.26 Å². The van der Waals surface area contributed by atoms with Crippen LogP contribution in [0.1, 0.15) is 11.1 Å². The number of nitriles is 1. The molecule has 0 saturated heterocycles. The average Bonchev–Trinajstić information content (AvgIpc) is 2.59. The predicted molar refractivity (Wildman–Crippen MR) is 80.9 cm³/mol. The van der Waals surface area contributed by atoms with E-state index >= 15 is 0 Å². The van der Waals surface area contributed by atoms with Crippen LogP contribution in [0.5, 0.6) is 0 Å². The van der Waals surface area contributed by atoms with E-state index in [0.717, 1.165) is 30.3 Å². The molecule has 2 aromatic rings. The summed E-state index contributed by atoms with van der Waals surface area (Å²) in [6.45, 7) is -1.92. The van der Waals surface area contributed by atoms with Crippen LogP contribution in [0.2, 0.25) is 0 Å². The van der Waals surface area contributed by atoms with Gasteiger partial charge < -0.3 is 5.32 Å². The van der Waals surface area contributed by atoms with Gasteiger partial charge in [-0.05, 0) is 29.8 Å². The molecule has 10 heteroatoms. The van der Waals surface area contributed by atoms with Crippen molar-refractivity contribution >= 4 is 11.7 Å². The van der Waals surface area contributed by atoms with Gasteiger partial charge in [-0.25, -0.2) is 18.0 Å². The van der Waals surface area contributed by atoms with E-state index in [2.05, 4.69) is 0 Å². The number of hydrogen-bond acceptors (Lipinski definition) is 2. The van der Waals surface area contributed by atoms with E-state index in [4.69, 9.17) is 0 Å². The van der Waals surface area contributed by atoms with Gasteiger partial charge in [0.25, 0.3) is 0 Å². The molecule has 1 N–H and O–H groups in total. The summed E-state index contributed by atoms with van der Waals surface area (Å²) >= 11 is 0. The third kappa shape index (κ3) is 2.95. The first-order chi connectivity index (χ1) is 12.6. The number of carbonyl (C=O) groups excluding carboxylic acids is 1. The molecule has 0 aromatic heterocycles. The standard InChI is InChI=1S/C17H9F6N3O/c18-10-3-1-9(2-4-10)16(7-24)13-12(6-5-11(19)14(13)20)25-15(27)26(16)8-17(21,22)23/h1-6H,8H2,(H,25,27). The molecular formula is C17H9F6N3O. The summed E-state index contributed by atoms with van der Waals surface area (Å²) in [6.07, 6.45) is -4.94. The molecule has 0 fully saturated rings. The number of amides is 2. The Hall–Kier alpha value is -3.22. The number of rotatable bonds is 2. The normalized spacial score (nSPS) is 19.3. The van der Waals surface area contributed by atoms with Crippen LogP contribution in [0.25, 0.3) is 0 Å². The van der Waals surface area contributed by atoms with Gasteiger partial charge in [-0.3, -0.25) is 4.90 Å². The van der Waals surface area contributed by atoms with Crippen LogP contribution in [0.3, 0.4) is 0 Å². The summed E-state index contributed by atoms with van der Waals surface area (Å²) in [6, 6.07) is 5.34. The maximum atomic E-state index is 14.6. The summed E-state index contributed by atoms with van der Waals surface area (Å²) in [4.78, 5) is 12.4. The number of anilines is 1. The molecule has 0 spiro atoms. The number of urea groups is 1. The van der Waals surface area contributed by atoms with Gasteiger partial charge in [0.05, 0.1) is 11.3 Å². The van der Waals surface area contributed by atoms with Crippen LogP contribution in [-0.2, 0) is 5.54 Å². The first-order valence-electron chi connectivity index (χ1n) is 7.41. The molecule has 1 heterocycles. The Bertz CT molecular complexity index is 951. The van der Waals surface area contributed by atoms with Crippen molar-refractivity contribution in [2.24, 2.45) is 0 Å². The maximum absolute atomic E-state index is 14.6. The maximum Gasteiger partial charge on any atom is 0.406 e. The van der Waals surface area contributed by atoms with Crippen LogP contribution < -0.4 is 5.32 Å². The highest BCUT2D eigenvalue weighted by Crippen LogP contribution is 2.45. The van der Waals surface area contributed by atoms with Crippen LogP contribution >= 0.6 is 0 Å². The Morgan fingerprint density at radius 1 is 1.07 bits per heavy atom. The first-order valence-corrected chi connectivity index (χ1v) is 7.41. The highest BCUT2D eigenvalue weighted by molar-refractivity contribution is 5.95. The zero-order chi connectivity index (χ0) is 20.0. The fourth-order valence-electron chi connectivity index (χ4n) is 3.02. The first kappa shape index (κ1) is 18.6. The van der Waals surface area contributed by atoms with Crippen LogP contribution in [-0.4, -0.2) is 23.7 Å². The minimum absolute atomic E-state index is 0.0467. The van der Waals surface area contributed by atoms with Crippen molar-refractivity contribution in [2.75, 3.05) is 11.9 Å². The molecule has 0 radical (unpaired) electrons. The van der Waals surface area contributed by atoms with E-state index in [9.17, 15) is 36.4 Å². The number of nitrogens with one attached hydrogen (secondary N) is 1. The summed E-state index contributed by atoms with van der Waals surface area (Å²) in [7, 11) is 0. The molecule has 2 amide bonds. The van der Waals surface area contributed by atoms with Gasteiger partial charge in [0.2, 0.25) is 0 Å². The Morgan fingerprint density at radius 3 is 2.26 bits per heavy atom. The lowest BCUT2D eigenvalue weighted by Crippen LogP contribution is -2.58. The Labute approximate surface area is 148 Å². The summed E-state index contributed by atoms with van der Waals surface area (Å²) in [5, 5.41) is 11.8. The van der Waals surface area contributed by atoms with Crippen LogP contribution in [0.4, 0.5) is 36.8 Å². The van der Waals surface area contributed by atoms with Crippen LogP contribution in [0.15, 0.2) is 36.4 Å². The van der Waals surface area contributed by atoms with Crippen molar-refractivity contribution < 1.29 is 31.1 Å². The highest BCUT2D eigenvalue weighted by Gasteiger charge is 2.54. The minimum atomic E-state index is -4.94. The van der Waals surface area contributed by atoms with Gasteiger partial charge in [0.1, 0.15) is 18.4 Å². The summed E-state index contributed by atoms with van der Waals surface area (Å²) < 4.78 is 80.9. The molecule has 27 heavy (non-hydrogen) atoms. The fourth-order valence-corrected chi connectivity index (χ4v) is 3.02. The highest BCUT2D eigenvalue weighted by atomic mass is 19.4. The van der Waals surface area contributed by atoms with Crippen molar-refractivity contribution in [3.8, 4) is 6.07 Å². The van der Waals surface area contributed by atoms with Gasteiger partial charge in [0, 0.05) is 0 Å². The van der Waals surface area contributed by atoms with Crippen LogP contribution in [0, 0.1) is 28.8 Å². The van der Waals surface area contributed by atoms with Crippen molar-refractivity contribution in [2.45, 2.75) is 11.7 Å². The fraction of sp³-hybridized carbons (Fsp3) is 0.176. The summed E-state index contributed by atoms with van der Waals surface area (Å²) in [5.41, 5.74) is -4.13. The lowest BCUT2D eigenvalue weighted by molar-refractivity contribution is -0.145. The second-order valence-electron chi connectivity index (χ2n) is 5.74. The molecule has 2 aromatic carbocycles. The van der Waals surface area contributed by atoms with E-state index in [-0.39, 0.29) is 16.2 Å². The molecule has 0 saturated carbocycles. The van der Waals surface area contributed by atoms with Gasteiger partial charge in [-0.15, -0.1) is 0 Å². The second kappa shape index (κ2) is 6.19. The number of alkyl halides is 3. The quantitative estimate of drug-likeness (QED) is 0.785. The number of halogens is 6. The number of carbonyl (C=O) groups is 1. The van der Waals surface area contributed by atoms with Gasteiger partial charge in [-0.1, -0.05) is 12.1 Å². The number of nitrogens with zero attached hydrogens (tertiary/aromatic N) is 2. The minimum Gasteiger partial charge on any atom is -0.307 e.